The molecule has 0 radical (unpaired) electrons. The van der Waals surface area contributed by atoms with Gasteiger partial charge in [0.15, 0.2) is 0 Å². The van der Waals surface area contributed by atoms with Gasteiger partial charge in [0.05, 0.1) is 18.6 Å². The zero-order chi connectivity index (χ0) is 25.1. The van der Waals surface area contributed by atoms with E-state index >= 15 is 0 Å². The highest BCUT2D eigenvalue weighted by Crippen LogP contribution is 2.37. The monoisotopic (exact) mass is 493 g/mol. The van der Waals surface area contributed by atoms with Crippen LogP contribution in [-0.2, 0) is 23.8 Å². The lowest BCUT2D eigenvalue weighted by atomic mass is 9.87. The summed E-state index contributed by atoms with van der Waals surface area (Å²) in [6.45, 7) is 13.4. The van der Waals surface area contributed by atoms with Crippen molar-refractivity contribution in [2.24, 2.45) is 5.92 Å². The summed E-state index contributed by atoms with van der Waals surface area (Å²) in [6, 6.07) is 0.719. The smallest absolute Gasteiger partial charge is 0.371 e. The van der Waals surface area contributed by atoms with Crippen LogP contribution in [-0.4, -0.2) is 96.1 Å². The van der Waals surface area contributed by atoms with E-state index in [1.165, 1.54) is 12.8 Å². The fourth-order valence-electron chi connectivity index (χ4n) is 5.97. The molecule has 2 aliphatic heterocycles. The first-order valence-electron chi connectivity index (χ1n) is 14.0. The first-order chi connectivity index (χ1) is 16.7. The van der Waals surface area contributed by atoms with Gasteiger partial charge in [0.25, 0.3) is 5.85 Å². The molecule has 4 fully saturated rings. The first kappa shape index (κ1) is 26.8. The van der Waals surface area contributed by atoms with Crippen molar-refractivity contribution >= 4 is 11.9 Å². The average Bonchev–Trinajstić information content (AvgIpc) is 3.56. The molecule has 8 heteroatoms. The summed E-state index contributed by atoms with van der Waals surface area (Å²) in [5.74, 6) is -1.65. The Morgan fingerprint density at radius 2 is 1.43 bits per heavy atom. The van der Waals surface area contributed by atoms with Crippen molar-refractivity contribution in [3.8, 4) is 0 Å². The van der Waals surface area contributed by atoms with Crippen LogP contribution in [0.3, 0.4) is 0 Å². The van der Waals surface area contributed by atoms with Gasteiger partial charge in [-0.3, -0.25) is 19.5 Å². The number of rotatable bonds is 8. The molecule has 0 spiro atoms. The van der Waals surface area contributed by atoms with Crippen molar-refractivity contribution in [2.75, 3.05) is 45.9 Å². The van der Waals surface area contributed by atoms with Gasteiger partial charge in [-0.1, -0.05) is 0 Å². The zero-order valence-corrected chi connectivity index (χ0v) is 22.4. The summed E-state index contributed by atoms with van der Waals surface area (Å²) < 4.78 is 18.3. The van der Waals surface area contributed by atoms with Gasteiger partial charge in [-0.25, -0.2) is 4.79 Å². The van der Waals surface area contributed by atoms with Crippen LogP contribution in [0.5, 0.6) is 0 Å². The molecule has 0 aromatic rings. The van der Waals surface area contributed by atoms with E-state index in [9.17, 15) is 9.59 Å². The van der Waals surface area contributed by atoms with E-state index in [0.29, 0.717) is 6.61 Å². The second kappa shape index (κ2) is 11.4. The van der Waals surface area contributed by atoms with Crippen LogP contribution in [0.2, 0.25) is 0 Å². The normalized spacial score (nSPS) is 29.4. The number of hydrogen-bond donors (Lipinski definition) is 0. The highest BCUT2D eigenvalue weighted by molar-refractivity contribution is 5.79. The SMILES string of the molecule is CCOC(=O)C1CCC(OC(C(=O)OC(C)(C)C)(N2CCCC2)N2CCCN(C3CC3)CC2)CC1. The van der Waals surface area contributed by atoms with E-state index in [-0.39, 0.29) is 24.0 Å². The van der Waals surface area contributed by atoms with E-state index in [4.69, 9.17) is 14.2 Å². The van der Waals surface area contributed by atoms with E-state index in [0.717, 1.165) is 90.3 Å². The van der Waals surface area contributed by atoms with Gasteiger partial charge in [-0.15, -0.1) is 0 Å². The van der Waals surface area contributed by atoms with Crippen molar-refractivity contribution < 1.29 is 23.8 Å². The maximum absolute atomic E-state index is 14.1. The lowest BCUT2D eigenvalue weighted by molar-refractivity contribution is -0.277. The Kier molecular flexibility index (Phi) is 8.78. The predicted molar refractivity (Wildman–Crippen MR) is 134 cm³/mol. The molecule has 2 aliphatic carbocycles. The van der Waals surface area contributed by atoms with E-state index in [1.807, 2.05) is 27.7 Å². The van der Waals surface area contributed by atoms with Crippen LogP contribution in [0, 0.1) is 5.92 Å². The molecular weight excluding hydrogens is 446 g/mol. The Morgan fingerprint density at radius 3 is 2.03 bits per heavy atom. The standard InChI is InChI=1S/C27H47N3O5/c1-5-33-24(31)21-9-13-23(14-10-21)34-27(29-16-6-7-17-29,25(32)35-26(2,3)4)30-18-8-15-28(19-20-30)22-11-12-22/h21-23H,5-20H2,1-4H3. The topological polar surface area (TPSA) is 71.5 Å². The fourth-order valence-corrected chi connectivity index (χ4v) is 5.97. The first-order valence-corrected chi connectivity index (χ1v) is 14.0. The van der Waals surface area contributed by atoms with E-state index in [1.54, 1.807) is 0 Å². The second-order valence-electron chi connectivity index (χ2n) is 11.8. The number of carbonyl (C=O) groups excluding carboxylic acids is 2. The lowest BCUT2D eigenvalue weighted by Crippen LogP contribution is -2.69. The van der Waals surface area contributed by atoms with Gasteiger partial charge in [0, 0.05) is 38.8 Å². The third-order valence-electron chi connectivity index (χ3n) is 7.85. The van der Waals surface area contributed by atoms with Crippen LogP contribution in [0.4, 0.5) is 0 Å². The average molecular weight is 494 g/mol. The van der Waals surface area contributed by atoms with Crippen LogP contribution in [0.1, 0.15) is 85.5 Å². The summed E-state index contributed by atoms with van der Waals surface area (Å²) in [5.41, 5.74) is -0.598. The van der Waals surface area contributed by atoms with Gasteiger partial charge >= 0.3 is 11.9 Å². The summed E-state index contributed by atoms with van der Waals surface area (Å²) in [6.07, 6.45) is 8.63. The molecule has 1 atom stereocenters. The highest BCUT2D eigenvalue weighted by Gasteiger charge is 2.55. The Hall–Kier alpha value is -1.22. The van der Waals surface area contributed by atoms with E-state index in [2.05, 4.69) is 14.7 Å². The quantitative estimate of drug-likeness (QED) is 0.477. The van der Waals surface area contributed by atoms with Crippen molar-refractivity contribution in [2.45, 2.75) is 109 Å². The summed E-state index contributed by atoms with van der Waals surface area (Å²) in [4.78, 5) is 33.5. The molecule has 0 amide bonds. The van der Waals surface area contributed by atoms with Crippen LogP contribution < -0.4 is 0 Å². The number of hydrogen-bond acceptors (Lipinski definition) is 8. The van der Waals surface area contributed by atoms with Crippen LogP contribution >= 0.6 is 0 Å². The molecule has 4 rings (SSSR count). The predicted octanol–water partition coefficient (Wildman–Crippen LogP) is 3.39. The fraction of sp³-hybridized carbons (Fsp3) is 0.926. The molecule has 200 valence electrons. The molecular formula is C27H47N3O5. The van der Waals surface area contributed by atoms with Crippen LogP contribution in [0.15, 0.2) is 0 Å². The minimum atomic E-state index is -1.20. The largest absolute Gasteiger partial charge is 0.466 e. The molecule has 0 N–H and O–H groups in total. The number of nitrogens with zero attached hydrogens (tertiary/aromatic N) is 3. The molecule has 8 nitrogen and oxygen atoms in total. The van der Waals surface area contributed by atoms with Gasteiger partial charge in [0.1, 0.15) is 5.60 Å². The molecule has 0 aromatic heterocycles. The van der Waals surface area contributed by atoms with Gasteiger partial charge in [0.2, 0.25) is 0 Å². The molecule has 2 saturated heterocycles. The van der Waals surface area contributed by atoms with Crippen molar-refractivity contribution in [1.82, 2.24) is 14.7 Å². The zero-order valence-electron chi connectivity index (χ0n) is 22.4. The lowest BCUT2D eigenvalue weighted by Gasteiger charge is -2.49. The number of carbonyl (C=O) groups is 2. The van der Waals surface area contributed by atoms with Gasteiger partial charge in [-0.05, 0) is 92.0 Å². The van der Waals surface area contributed by atoms with E-state index < -0.39 is 11.4 Å². The molecule has 1 unspecified atom stereocenters. The Morgan fingerprint density at radius 1 is 0.800 bits per heavy atom. The van der Waals surface area contributed by atoms with Gasteiger partial charge < -0.3 is 14.2 Å². The molecule has 0 bridgehead atoms. The molecule has 2 saturated carbocycles. The second-order valence-corrected chi connectivity index (χ2v) is 11.8. The molecule has 4 aliphatic rings. The third-order valence-corrected chi connectivity index (χ3v) is 7.85. The Labute approximate surface area is 211 Å². The maximum atomic E-state index is 14.1. The summed E-state index contributed by atoms with van der Waals surface area (Å²) >= 11 is 0. The number of likely N-dealkylation sites (tertiary alicyclic amines) is 1. The van der Waals surface area contributed by atoms with Crippen molar-refractivity contribution in [1.29, 1.82) is 0 Å². The molecule has 0 aromatic carbocycles. The maximum Gasteiger partial charge on any atom is 0.371 e. The van der Waals surface area contributed by atoms with Gasteiger partial charge in [-0.2, -0.15) is 0 Å². The minimum absolute atomic E-state index is 0.0669. The van der Waals surface area contributed by atoms with Crippen molar-refractivity contribution in [3.05, 3.63) is 0 Å². The molecule has 2 heterocycles. The van der Waals surface area contributed by atoms with Crippen LogP contribution in [0.25, 0.3) is 0 Å². The minimum Gasteiger partial charge on any atom is -0.466 e. The number of esters is 2. The Balaban J connectivity index is 1.57. The molecule has 35 heavy (non-hydrogen) atoms. The Bertz CT molecular complexity index is 723. The number of ether oxygens (including phenoxy) is 3. The third kappa shape index (κ3) is 6.56. The summed E-state index contributed by atoms with van der Waals surface area (Å²) in [7, 11) is 0. The van der Waals surface area contributed by atoms with Crippen molar-refractivity contribution in [3.63, 3.8) is 0 Å². The highest BCUT2D eigenvalue weighted by atomic mass is 16.6. The summed E-state index contributed by atoms with van der Waals surface area (Å²) in [5, 5.41) is 0.